The molecule has 1 heterocycles. The van der Waals surface area contributed by atoms with Gasteiger partial charge in [-0.25, -0.2) is 13.8 Å². The Hall–Kier alpha value is -1.56. The molecule has 2 atom stereocenters. The molecule has 1 aromatic heterocycles. The Morgan fingerprint density at radius 2 is 2.10 bits per heavy atom. The van der Waals surface area contributed by atoms with Crippen molar-refractivity contribution >= 4 is 10.8 Å². The van der Waals surface area contributed by atoms with E-state index in [1.807, 2.05) is 24.6 Å². The van der Waals surface area contributed by atoms with Gasteiger partial charge in [0.15, 0.2) is 0 Å². The van der Waals surface area contributed by atoms with Gasteiger partial charge in [-0.05, 0) is 19.4 Å². The number of aryl methyl sites for hydroxylation is 1. The van der Waals surface area contributed by atoms with Crippen LogP contribution in [0.1, 0.15) is 36.9 Å². The minimum absolute atomic E-state index is 0.260. The van der Waals surface area contributed by atoms with Gasteiger partial charge in [0.1, 0.15) is 17.5 Å². The van der Waals surface area contributed by atoms with Crippen LogP contribution in [0.3, 0.4) is 0 Å². The van der Waals surface area contributed by atoms with Gasteiger partial charge in [0.2, 0.25) is 0 Å². The molecule has 0 spiro atoms. The molecule has 6 heteroatoms. The van der Waals surface area contributed by atoms with E-state index in [1.165, 1.54) is 12.1 Å². The van der Waals surface area contributed by atoms with Gasteiger partial charge >= 0.3 is 0 Å². The van der Waals surface area contributed by atoms with Crippen LogP contribution in [0.2, 0.25) is 0 Å². The highest BCUT2D eigenvalue weighted by molar-refractivity contribution is 7.84. The summed E-state index contributed by atoms with van der Waals surface area (Å²) < 4.78 is 41.3. The molecule has 3 nitrogen and oxygen atoms in total. The maximum absolute atomic E-state index is 13.9. The number of halogens is 2. The molecule has 0 saturated carbocycles. The highest BCUT2D eigenvalue weighted by atomic mass is 32.2. The van der Waals surface area contributed by atoms with Gasteiger partial charge in [0.05, 0.1) is 11.0 Å². The summed E-state index contributed by atoms with van der Waals surface area (Å²) in [4.78, 5) is 4.19. The number of benzene rings is 1. The Bertz CT molecular complexity index is 642. The van der Waals surface area contributed by atoms with Crippen LogP contribution in [0.15, 0.2) is 30.6 Å². The molecule has 114 valence electrons. The predicted octanol–water partition coefficient (Wildman–Crippen LogP) is 3.58. The van der Waals surface area contributed by atoms with Crippen molar-refractivity contribution in [3.8, 4) is 0 Å². The summed E-state index contributed by atoms with van der Waals surface area (Å²) in [6.07, 6.45) is 4.00. The van der Waals surface area contributed by atoms with Gasteiger partial charge in [-0.15, -0.1) is 0 Å². The van der Waals surface area contributed by atoms with Crippen molar-refractivity contribution < 1.29 is 13.0 Å². The Kier molecular flexibility index (Phi) is 5.22. The van der Waals surface area contributed by atoms with Crippen molar-refractivity contribution in [2.24, 2.45) is 0 Å². The second-order valence-electron chi connectivity index (χ2n) is 4.72. The van der Waals surface area contributed by atoms with Crippen LogP contribution >= 0.6 is 0 Å². The van der Waals surface area contributed by atoms with Crippen molar-refractivity contribution in [1.82, 2.24) is 9.55 Å². The highest BCUT2D eigenvalue weighted by Crippen LogP contribution is 2.28. The third-order valence-corrected chi connectivity index (χ3v) is 5.18. The fraction of sp³-hybridized carbons (Fsp3) is 0.400. The van der Waals surface area contributed by atoms with E-state index in [2.05, 4.69) is 4.98 Å². The van der Waals surface area contributed by atoms with Crippen LogP contribution < -0.4 is 0 Å². The lowest BCUT2D eigenvalue weighted by atomic mass is 10.1. The minimum Gasteiger partial charge on any atom is -0.334 e. The third kappa shape index (κ3) is 3.56. The number of rotatable bonds is 6. The molecule has 0 aliphatic heterocycles. The summed E-state index contributed by atoms with van der Waals surface area (Å²) in [6, 6.07) is 3.41. The van der Waals surface area contributed by atoms with Gasteiger partial charge in [-0.1, -0.05) is 13.0 Å². The summed E-state index contributed by atoms with van der Waals surface area (Å²) >= 11 is 0. The van der Waals surface area contributed by atoms with E-state index in [4.69, 9.17) is 0 Å². The molecular weight excluding hydrogens is 294 g/mol. The van der Waals surface area contributed by atoms with Crippen molar-refractivity contribution in [1.29, 1.82) is 0 Å². The number of imidazole rings is 1. The van der Waals surface area contributed by atoms with Crippen molar-refractivity contribution in [3.05, 3.63) is 53.6 Å². The molecule has 0 N–H and O–H groups in total. The summed E-state index contributed by atoms with van der Waals surface area (Å²) in [6.45, 7) is 4.57. The first-order valence-corrected chi connectivity index (χ1v) is 8.27. The van der Waals surface area contributed by atoms with E-state index >= 15 is 0 Å². The maximum atomic E-state index is 13.9. The first-order valence-electron chi connectivity index (χ1n) is 6.88. The quantitative estimate of drug-likeness (QED) is 0.817. The second kappa shape index (κ2) is 6.93. The van der Waals surface area contributed by atoms with E-state index in [0.29, 0.717) is 12.0 Å². The second-order valence-corrected chi connectivity index (χ2v) is 6.34. The molecule has 0 fully saturated rings. The molecule has 1 aromatic carbocycles. The zero-order valence-corrected chi connectivity index (χ0v) is 12.9. The summed E-state index contributed by atoms with van der Waals surface area (Å²) in [5, 5.41) is -0.465. The Morgan fingerprint density at radius 1 is 1.33 bits per heavy atom. The van der Waals surface area contributed by atoms with Gasteiger partial charge < -0.3 is 4.57 Å². The average Bonchev–Trinajstić information content (AvgIpc) is 2.89. The minimum atomic E-state index is -1.31. The van der Waals surface area contributed by atoms with Gasteiger partial charge in [-0.3, -0.25) is 4.21 Å². The Labute approximate surface area is 125 Å². The smallest absolute Gasteiger partial charge is 0.130 e. The molecule has 0 aliphatic rings. The van der Waals surface area contributed by atoms with Crippen molar-refractivity contribution in [2.45, 2.75) is 37.8 Å². The standard InChI is InChI=1S/C15H18F2N2OS/c1-3-14(12-6-5-11(16)9-13(12)17)21(20)10-15-18-7-8-19(15)4-2/h5-9,14H,3-4,10H2,1-2H3/t14-,21+/m0/s1. The largest absolute Gasteiger partial charge is 0.334 e. The molecule has 0 amide bonds. The van der Waals surface area contributed by atoms with Gasteiger partial charge in [0, 0.05) is 41.4 Å². The zero-order valence-electron chi connectivity index (χ0n) is 12.1. The summed E-state index contributed by atoms with van der Waals surface area (Å²) in [5.41, 5.74) is 0.298. The Morgan fingerprint density at radius 3 is 2.71 bits per heavy atom. The SMILES string of the molecule is CC[C@@H](c1ccc(F)cc1F)[S@](=O)Cc1nccn1CC. The normalized spacial score (nSPS) is 14.1. The average molecular weight is 312 g/mol. The lowest BCUT2D eigenvalue weighted by Gasteiger charge is -2.16. The molecule has 0 aliphatic carbocycles. The highest BCUT2D eigenvalue weighted by Gasteiger charge is 2.22. The van der Waals surface area contributed by atoms with Crippen molar-refractivity contribution in [3.63, 3.8) is 0 Å². The monoisotopic (exact) mass is 312 g/mol. The third-order valence-electron chi connectivity index (χ3n) is 3.41. The predicted molar refractivity (Wildman–Crippen MR) is 79.1 cm³/mol. The van der Waals surface area contributed by atoms with Crippen LogP contribution in [0, 0.1) is 11.6 Å². The lowest BCUT2D eigenvalue weighted by Crippen LogP contribution is -2.13. The lowest BCUT2D eigenvalue weighted by molar-refractivity contribution is 0.566. The number of nitrogens with zero attached hydrogens (tertiary/aromatic N) is 2. The fourth-order valence-electron chi connectivity index (χ4n) is 2.31. The van der Waals surface area contributed by atoms with Crippen LogP contribution in [-0.2, 0) is 23.1 Å². The molecule has 0 unspecified atom stereocenters. The summed E-state index contributed by atoms with van der Waals surface area (Å²) in [5.74, 6) is -0.292. The fourth-order valence-corrected chi connectivity index (χ4v) is 3.85. The molecule has 2 aromatic rings. The van der Waals surface area contributed by atoms with E-state index in [9.17, 15) is 13.0 Å². The maximum Gasteiger partial charge on any atom is 0.130 e. The topological polar surface area (TPSA) is 34.9 Å². The molecule has 0 radical (unpaired) electrons. The first kappa shape index (κ1) is 15.8. The van der Waals surface area contributed by atoms with Crippen LogP contribution in [-0.4, -0.2) is 13.8 Å². The van der Waals surface area contributed by atoms with Crippen LogP contribution in [0.4, 0.5) is 8.78 Å². The zero-order chi connectivity index (χ0) is 15.4. The van der Waals surface area contributed by atoms with E-state index in [0.717, 1.165) is 18.4 Å². The van der Waals surface area contributed by atoms with E-state index in [1.54, 1.807) is 6.20 Å². The van der Waals surface area contributed by atoms with Crippen LogP contribution in [0.25, 0.3) is 0 Å². The van der Waals surface area contributed by atoms with Gasteiger partial charge in [0.25, 0.3) is 0 Å². The van der Waals surface area contributed by atoms with Crippen LogP contribution in [0.5, 0.6) is 0 Å². The molecule has 0 saturated heterocycles. The molecular formula is C15H18F2N2OS. The number of aromatic nitrogens is 2. The molecule has 0 bridgehead atoms. The van der Waals surface area contributed by atoms with E-state index in [-0.39, 0.29) is 5.75 Å². The number of hydrogen-bond donors (Lipinski definition) is 0. The Balaban J connectivity index is 2.22. The first-order chi connectivity index (χ1) is 10.1. The molecule has 21 heavy (non-hydrogen) atoms. The van der Waals surface area contributed by atoms with Gasteiger partial charge in [-0.2, -0.15) is 0 Å². The van der Waals surface area contributed by atoms with E-state index < -0.39 is 27.7 Å². The van der Waals surface area contributed by atoms with Crippen molar-refractivity contribution in [2.75, 3.05) is 0 Å². The summed E-state index contributed by atoms with van der Waals surface area (Å²) in [7, 11) is -1.31. The molecule has 2 rings (SSSR count). The number of hydrogen-bond acceptors (Lipinski definition) is 2.